The third-order valence-corrected chi connectivity index (χ3v) is 2.96. The molecule has 2 rings (SSSR count). The third-order valence-electron chi connectivity index (χ3n) is 2.72. The summed E-state index contributed by atoms with van der Waals surface area (Å²) in [7, 11) is 0. The molecule has 0 bridgehead atoms. The molecule has 2 aromatic carbocycles. The maximum atomic E-state index is 13.7. The van der Waals surface area contributed by atoms with E-state index in [4.69, 9.17) is 17.3 Å². The average Bonchev–Trinajstić information content (AvgIpc) is 2.26. The van der Waals surface area contributed by atoms with Gasteiger partial charge < -0.3 is 5.73 Å². The maximum Gasteiger partial charge on any atom is 0.129 e. The highest BCUT2D eigenvalue weighted by Gasteiger charge is 2.15. The number of rotatable bonds is 2. The van der Waals surface area contributed by atoms with E-state index in [0.717, 1.165) is 5.56 Å². The van der Waals surface area contributed by atoms with Crippen LogP contribution in [0.2, 0.25) is 5.02 Å². The standard InChI is InChI=1S/C14H12ClF2N/c1-8-4-9(6-11(16)5-8)14(18)12-3-2-10(15)7-13(12)17/h2-7,14H,18H2,1H3. The van der Waals surface area contributed by atoms with E-state index in [1.165, 1.54) is 24.3 Å². The minimum absolute atomic E-state index is 0.296. The second kappa shape index (κ2) is 5.04. The van der Waals surface area contributed by atoms with Crippen LogP contribution in [-0.2, 0) is 0 Å². The summed E-state index contributed by atoms with van der Waals surface area (Å²) in [5.74, 6) is -0.869. The Morgan fingerprint density at radius 1 is 1.11 bits per heavy atom. The molecular formula is C14H12ClF2N. The van der Waals surface area contributed by atoms with Gasteiger partial charge in [-0.25, -0.2) is 8.78 Å². The van der Waals surface area contributed by atoms with E-state index in [9.17, 15) is 8.78 Å². The van der Waals surface area contributed by atoms with Gasteiger partial charge >= 0.3 is 0 Å². The predicted molar refractivity (Wildman–Crippen MR) is 68.6 cm³/mol. The van der Waals surface area contributed by atoms with Crippen molar-refractivity contribution in [1.82, 2.24) is 0 Å². The van der Waals surface area contributed by atoms with Gasteiger partial charge in [0, 0.05) is 10.6 Å². The van der Waals surface area contributed by atoms with E-state index < -0.39 is 11.9 Å². The number of hydrogen-bond acceptors (Lipinski definition) is 1. The topological polar surface area (TPSA) is 26.0 Å². The Morgan fingerprint density at radius 3 is 2.44 bits per heavy atom. The molecule has 0 radical (unpaired) electrons. The van der Waals surface area contributed by atoms with Crippen LogP contribution in [-0.4, -0.2) is 0 Å². The van der Waals surface area contributed by atoms with Gasteiger partial charge in [0.1, 0.15) is 11.6 Å². The monoisotopic (exact) mass is 267 g/mol. The lowest BCUT2D eigenvalue weighted by Crippen LogP contribution is -2.14. The van der Waals surface area contributed by atoms with Gasteiger partial charge in [-0.15, -0.1) is 0 Å². The van der Waals surface area contributed by atoms with Gasteiger partial charge in [0.2, 0.25) is 0 Å². The van der Waals surface area contributed by atoms with Crippen molar-refractivity contribution in [3.8, 4) is 0 Å². The van der Waals surface area contributed by atoms with Gasteiger partial charge in [0.05, 0.1) is 6.04 Å². The Labute approximate surface area is 109 Å². The summed E-state index contributed by atoms with van der Waals surface area (Å²) < 4.78 is 27.0. The van der Waals surface area contributed by atoms with Crippen molar-refractivity contribution in [2.24, 2.45) is 5.73 Å². The third kappa shape index (κ3) is 2.68. The maximum absolute atomic E-state index is 13.7. The first-order chi connectivity index (χ1) is 8.47. The molecule has 0 aliphatic heterocycles. The van der Waals surface area contributed by atoms with Crippen LogP contribution < -0.4 is 5.73 Å². The van der Waals surface area contributed by atoms with Crippen LogP contribution in [0.4, 0.5) is 8.78 Å². The van der Waals surface area contributed by atoms with Crippen molar-refractivity contribution in [3.63, 3.8) is 0 Å². The van der Waals surface area contributed by atoms with Crippen LogP contribution in [0, 0.1) is 18.6 Å². The fourth-order valence-corrected chi connectivity index (χ4v) is 2.04. The van der Waals surface area contributed by atoms with Gasteiger partial charge in [0.25, 0.3) is 0 Å². The van der Waals surface area contributed by atoms with Crippen LogP contribution in [0.15, 0.2) is 36.4 Å². The van der Waals surface area contributed by atoms with Crippen molar-refractivity contribution in [2.45, 2.75) is 13.0 Å². The number of halogens is 3. The molecule has 0 aliphatic rings. The van der Waals surface area contributed by atoms with E-state index in [2.05, 4.69) is 0 Å². The molecule has 0 heterocycles. The normalized spacial score (nSPS) is 12.5. The first-order valence-electron chi connectivity index (χ1n) is 5.45. The van der Waals surface area contributed by atoms with E-state index in [0.29, 0.717) is 16.1 Å². The van der Waals surface area contributed by atoms with E-state index in [-0.39, 0.29) is 5.82 Å². The Hall–Kier alpha value is -1.45. The molecule has 0 amide bonds. The SMILES string of the molecule is Cc1cc(F)cc(C(N)c2ccc(Cl)cc2F)c1. The minimum Gasteiger partial charge on any atom is -0.320 e. The Kier molecular flexibility index (Phi) is 3.64. The predicted octanol–water partition coefficient (Wildman–Crippen LogP) is 3.97. The van der Waals surface area contributed by atoms with Gasteiger partial charge in [-0.05, 0) is 42.3 Å². The smallest absolute Gasteiger partial charge is 0.129 e. The molecule has 1 nitrogen and oxygen atoms in total. The molecule has 2 N–H and O–H groups in total. The summed E-state index contributed by atoms with van der Waals surface area (Å²) in [4.78, 5) is 0. The summed E-state index contributed by atoms with van der Waals surface area (Å²) in [5.41, 5.74) is 7.53. The quantitative estimate of drug-likeness (QED) is 0.875. The second-order valence-electron chi connectivity index (χ2n) is 4.21. The van der Waals surface area contributed by atoms with E-state index in [1.807, 2.05) is 0 Å². The molecule has 0 spiro atoms. The lowest BCUT2D eigenvalue weighted by molar-refractivity contribution is 0.595. The second-order valence-corrected chi connectivity index (χ2v) is 4.64. The zero-order chi connectivity index (χ0) is 13.3. The summed E-state index contributed by atoms with van der Waals surface area (Å²) in [6.07, 6.45) is 0. The van der Waals surface area contributed by atoms with Crippen LogP contribution in [0.5, 0.6) is 0 Å². The van der Waals surface area contributed by atoms with Crippen molar-refractivity contribution < 1.29 is 8.78 Å². The summed E-state index contributed by atoms with van der Waals surface area (Å²) in [6.45, 7) is 1.76. The molecule has 4 heteroatoms. The molecule has 1 atom stereocenters. The summed E-state index contributed by atoms with van der Waals surface area (Å²) >= 11 is 5.68. The zero-order valence-electron chi connectivity index (χ0n) is 9.75. The fourth-order valence-electron chi connectivity index (χ4n) is 1.88. The number of nitrogens with two attached hydrogens (primary N) is 1. The molecule has 0 fully saturated rings. The largest absolute Gasteiger partial charge is 0.320 e. The Morgan fingerprint density at radius 2 is 1.83 bits per heavy atom. The van der Waals surface area contributed by atoms with Gasteiger partial charge in [-0.3, -0.25) is 0 Å². The molecule has 0 saturated heterocycles. The zero-order valence-corrected chi connectivity index (χ0v) is 10.5. The Balaban J connectivity index is 2.44. The summed E-state index contributed by atoms with van der Waals surface area (Å²) in [5, 5.41) is 0.305. The summed E-state index contributed by atoms with van der Waals surface area (Å²) in [6, 6.07) is 8.01. The number of hydrogen-bond donors (Lipinski definition) is 1. The lowest BCUT2D eigenvalue weighted by atomic mass is 9.97. The van der Waals surface area contributed by atoms with Crippen LogP contribution >= 0.6 is 11.6 Å². The molecule has 2 aromatic rings. The molecule has 0 saturated carbocycles. The average molecular weight is 268 g/mol. The highest BCUT2D eigenvalue weighted by atomic mass is 35.5. The first kappa shape index (κ1) is 13.0. The van der Waals surface area contributed by atoms with Crippen molar-refractivity contribution in [1.29, 1.82) is 0 Å². The van der Waals surface area contributed by atoms with Crippen LogP contribution in [0.25, 0.3) is 0 Å². The van der Waals surface area contributed by atoms with Crippen LogP contribution in [0.1, 0.15) is 22.7 Å². The molecule has 0 aromatic heterocycles. The lowest BCUT2D eigenvalue weighted by Gasteiger charge is -2.14. The van der Waals surface area contributed by atoms with Crippen molar-refractivity contribution in [2.75, 3.05) is 0 Å². The molecule has 0 aliphatic carbocycles. The van der Waals surface area contributed by atoms with Gasteiger partial charge in [-0.2, -0.15) is 0 Å². The minimum atomic E-state index is -0.711. The number of aryl methyl sites for hydroxylation is 1. The fraction of sp³-hybridized carbons (Fsp3) is 0.143. The molecular weight excluding hydrogens is 256 g/mol. The van der Waals surface area contributed by atoms with Crippen molar-refractivity contribution >= 4 is 11.6 Å². The first-order valence-corrected chi connectivity index (χ1v) is 5.83. The highest BCUT2D eigenvalue weighted by molar-refractivity contribution is 6.30. The van der Waals surface area contributed by atoms with Gasteiger partial charge in [0.15, 0.2) is 0 Å². The molecule has 94 valence electrons. The number of benzene rings is 2. The van der Waals surface area contributed by atoms with E-state index >= 15 is 0 Å². The van der Waals surface area contributed by atoms with E-state index in [1.54, 1.807) is 19.1 Å². The van der Waals surface area contributed by atoms with Gasteiger partial charge in [-0.1, -0.05) is 23.7 Å². The van der Waals surface area contributed by atoms with Crippen molar-refractivity contribution in [3.05, 3.63) is 69.7 Å². The molecule has 18 heavy (non-hydrogen) atoms. The van der Waals surface area contributed by atoms with Crippen LogP contribution in [0.3, 0.4) is 0 Å². The molecule has 1 unspecified atom stereocenters. The highest BCUT2D eigenvalue weighted by Crippen LogP contribution is 2.25. The Bertz CT molecular complexity index is 564.